The van der Waals surface area contributed by atoms with E-state index in [9.17, 15) is 14.4 Å². The summed E-state index contributed by atoms with van der Waals surface area (Å²) in [5, 5.41) is 9.02. The van der Waals surface area contributed by atoms with Crippen molar-refractivity contribution in [3.63, 3.8) is 0 Å². The molecule has 5 nitrogen and oxygen atoms in total. The average molecular weight is 306 g/mol. The first-order chi connectivity index (χ1) is 10.5. The van der Waals surface area contributed by atoms with Crippen molar-refractivity contribution in [1.82, 2.24) is 0 Å². The molecule has 0 saturated carbocycles. The Kier molecular flexibility index (Phi) is 6.76. The van der Waals surface area contributed by atoms with Gasteiger partial charge in [-0.3, -0.25) is 9.59 Å². The van der Waals surface area contributed by atoms with Crippen molar-refractivity contribution in [2.24, 2.45) is 5.41 Å². The van der Waals surface area contributed by atoms with Crippen LogP contribution in [0.5, 0.6) is 0 Å². The number of aryl methyl sites for hydroxylation is 1. The number of ether oxygens (including phenoxy) is 1. The minimum absolute atomic E-state index is 0.117. The van der Waals surface area contributed by atoms with E-state index in [-0.39, 0.29) is 19.4 Å². The molecule has 0 aliphatic carbocycles. The summed E-state index contributed by atoms with van der Waals surface area (Å²) in [7, 11) is 0. The molecule has 1 rings (SSSR count). The smallest absolute Gasteiger partial charge is 0.373 e. The van der Waals surface area contributed by atoms with Gasteiger partial charge in [0.25, 0.3) is 5.78 Å². The first kappa shape index (κ1) is 17.9. The van der Waals surface area contributed by atoms with E-state index in [0.717, 1.165) is 5.56 Å². The zero-order valence-electron chi connectivity index (χ0n) is 13.0. The molecule has 1 N–H and O–H groups in total. The van der Waals surface area contributed by atoms with Crippen LogP contribution in [0, 0.1) is 5.41 Å². The third-order valence-electron chi connectivity index (χ3n) is 3.81. The van der Waals surface area contributed by atoms with Gasteiger partial charge >= 0.3 is 11.9 Å². The lowest BCUT2D eigenvalue weighted by Gasteiger charge is -2.27. The maximum atomic E-state index is 12.2. The Bertz CT molecular complexity index is 523. The van der Waals surface area contributed by atoms with Gasteiger partial charge in [-0.05, 0) is 38.2 Å². The van der Waals surface area contributed by atoms with E-state index < -0.39 is 23.1 Å². The SMILES string of the molecule is CCOC(=O)C(CC)(CCCc1ccccc1)C(=O)C(=O)O. The predicted molar refractivity (Wildman–Crippen MR) is 81.4 cm³/mol. The highest BCUT2D eigenvalue weighted by Crippen LogP contribution is 2.32. The molecule has 0 spiro atoms. The van der Waals surface area contributed by atoms with Gasteiger partial charge in [-0.25, -0.2) is 4.79 Å². The molecular formula is C17H22O5. The molecule has 22 heavy (non-hydrogen) atoms. The summed E-state index contributed by atoms with van der Waals surface area (Å²) in [4.78, 5) is 35.3. The third-order valence-corrected chi connectivity index (χ3v) is 3.81. The number of hydrogen-bond donors (Lipinski definition) is 1. The third kappa shape index (κ3) is 4.16. The second-order valence-corrected chi connectivity index (χ2v) is 5.13. The van der Waals surface area contributed by atoms with Crippen molar-refractivity contribution in [3.05, 3.63) is 35.9 Å². The molecule has 0 radical (unpaired) electrons. The number of carbonyl (C=O) groups is 3. The topological polar surface area (TPSA) is 80.7 Å². The van der Waals surface area contributed by atoms with Gasteiger partial charge in [0.15, 0.2) is 0 Å². The molecule has 0 bridgehead atoms. The van der Waals surface area contributed by atoms with Gasteiger partial charge in [-0.15, -0.1) is 0 Å². The lowest BCUT2D eigenvalue weighted by atomic mass is 9.76. The second kappa shape index (κ2) is 8.32. The Labute approximate surface area is 130 Å². The number of aliphatic carboxylic acids is 1. The highest BCUT2D eigenvalue weighted by molar-refractivity contribution is 6.39. The fourth-order valence-electron chi connectivity index (χ4n) is 2.50. The zero-order valence-corrected chi connectivity index (χ0v) is 13.0. The number of Topliss-reactive ketones (excluding diaryl/α,β-unsaturated/α-hetero) is 1. The van der Waals surface area contributed by atoms with Crippen LogP contribution in [0.1, 0.15) is 38.7 Å². The van der Waals surface area contributed by atoms with Gasteiger partial charge in [0.2, 0.25) is 0 Å². The quantitative estimate of drug-likeness (QED) is 0.431. The minimum atomic E-state index is -1.59. The van der Waals surface area contributed by atoms with Crippen molar-refractivity contribution < 1.29 is 24.2 Å². The van der Waals surface area contributed by atoms with E-state index >= 15 is 0 Å². The maximum Gasteiger partial charge on any atom is 0.373 e. The molecule has 1 unspecified atom stereocenters. The summed E-state index contributed by atoms with van der Waals surface area (Å²) >= 11 is 0. The molecule has 0 fully saturated rings. The van der Waals surface area contributed by atoms with Crippen LogP contribution in [-0.2, 0) is 25.5 Å². The summed E-state index contributed by atoms with van der Waals surface area (Å²) < 4.78 is 4.95. The number of benzene rings is 1. The first-order valence-electron chi connectivity index (χ1n) is 7.46. The van der Waals surface area contributed by atoms with Crippen LogP contribution in [0.3, 0.4) is 0 Å². The fourth-order valence-corrected chi connectivity index (χ4v) is 2.50. The van der Waals surface area contributed by atoms with Gasteiger partial charge in [0.1, 0.15) is 5.41 Å². The summed E-state index contributed by atoms with van der Waals surface area (Å²) in [6, 6.07) is 9.65. The minimum Gasteiger partial charge on any atom is -0.475 e. The lowest BCUT2D eigenvalue weighted by Crippen LogP contribution is -2.44. The van der Waals surface area contributed by atoms with Crippen LogP contribution in [0.2, 0.25) is 0 Å². The van der Waals surface area contributed by atoms with E-state index in [4.69, 9.17) is 9.84 Å². The van der Waals surface area contributed by atoms with Crippen molar-refractivity contribution in [2.45, 2.75) is 39.5 Å². The highest BCUT2D eigenvalue weighted by atomic mass is 16.5. The number of esters is 1. The van der Waals surface area contributed by atoms with Gasteiger partial charge < -0.3 is 9.84 Å². The van der Waals surface area contributed by atoms with Crippen LogP contribution < -0.4 is 0 Å². The van der Waals surface area contributed by atoms with Crippen LogP contribution in [0.15, 0.2) is 30.3 Å². The van der Waals surface area contributed by atoms with E-state index in [1.807, 2.05) is 30.3 Å². The standard InChI is InChI=1S/C17H22O5/c1-3-17(14(18)15(19)20,16(21)22-4-2)12-8-11-13-9-6-5-7-10-13/h5-7,9-10H,3-4,8,11-12H2,1-2H3,(H,19,20). The monoisotopic (exact) mass is 306 g/mol. The summed E-state index contributed by atoms with van der Waals surface area (Å²) in [6.07, 6.45) is 1.50. The second-order valence-electron chi connectivity index (χ2n) is 5.13. The van der Waals surface area contributed by atoms with Crippen LogP contribution in [0.4, 0.5) is 0 Å². The van der Waals surface area contributed by atoms with Gasteiger partial charge in [-0.2, -0.15) is 0 Å². The molecule has 1 aromatic rings. The number of carbonyl (C=O) groups excluding carboxylic acids is 2. The molecule has 0 amide bonds. The van der Waals surface area contributed by atoms with Crippen molar-refractivity contribution in [2.75, 3.05) is 6.61 Å². The summed E-state index contributed by atoms with van der Waals surface area (Å²) in [6.45, 7) is 3.39. The Balaban J connectivity index is 2.87. The Hall–Kier alpha value is -2.17. The lowest BCUT2D eigenvalue weighted by molar-refractivity contribution is -0.168. The molecule has 0 saturated heterocycles. The van der Waals surface area contributed by atoms with Gasteiger partial charge in [0, 0.05) is 0 Å². The predicted octanol–water partition coefficient (Wildman–Crippen LogP) is 2.62. The zero-order chi connectivity index (χ0) is 16.6. The molecule has 5 heteroatoms. The van der Waals surface area contributed by atoms with E-state index in [2.05, 4.69) is 0 Å². The molecular weight excluding hydrogens is 284 g/mol. The highest BCUT2D eigenvalue weighted by Gasteiger charge is 2.48. The largest absolute Gasteiger partial charge is 0.475 e. The number of ketones is 1. The Morgan fingerprint density at radius 3 is 2.27 bits per heavy atom. The van der Waals surface area contributed by atoms with Crippen molar-refractivity contribution in [3.8, 4) is 0 Å². The van der Waals surface area contributed by atoms with Crippen LogP contribution >= 0.6 is 0 Å². The van der Waals surface area contributed by atoms with E-state index in [0.29, 0.717) is 12.8 Å². The van der Waals surface area contributed by atoms with Crippen molar-refractivity contribution in [1.29, 1.82) is 0 Å². The number of rotatable bonds is 9. The van der Waals surface area contributed by atoms with E-state index in [1.54, 1.807) is 13.8 Å². The van der Waals surface area contributed by atoms with Gasteiger partial charge in [-0.1, -0.05) is 37.3 Å². The summed E-state index contributed by atoms with van der Waals surface area (Å²) in [5.41, 5.74) is -0.504. The molecule has 0 aliphatic rings. The fraction of sp³-hybridized carbons (Fsp3) is 0.471. The normalized spacial score (nSPS) is 13.2. The Morgan fingerprint density at radius 2 is 1.77 bits per heavy atom. The van der Waals surface area contributed by atoms with Crippen LogP contribution in [-0.4, -0.2) is 29.4 Å². The molecule has 0 aromatic heterocycles. The number of carboxylic acid groups (broad SMARTS) is 1. The van der Waals surface area contributed by atoms with E-state index in [1.165, 1.54) is 0 Å². The molecule has 0 heterocycles. The van der Waals surface area contributed by atoms with Crippen molar-refractivity contribution >= 4 is 17.7 Å². The Morgan fingerprint density at radius 1 is 1.14 bits per heavy atom. The number of carboxylic acids is 1. The molecule has 120 valence electrons. The summed E-state index contributed by atoms with van der Waals surface area (Å²) in [5.74, 6) is -3.41. The first-order valence-corrected chi connectivity index (χ1v) is 7.46. The maximum absolute atomic E-state index is 12.2. The average Bonchev–Trinajstić information content (AvgIpc) is 2.52. The molecule has 1 aromatic carbocycles. The number of hydrogen-bond acceptors (Lipinski definition) is 4. The molecule has 0 aliphatic heterocycles. The van der Waals surface area contributed by atoms with Crippen LogP contribution in [0.25, 0.3) is 0 Å². The molecule has 1 atom stereocenters. The van der Waals surface area contributed by atoms with Gasteiger partial charge in [0.05, 0.1) is 6.61 Å².